The predicted octanol–water partition coefficient (Wildman–Crippen LogP) is 1.51. The number of nitrogens with one attached hydrogen (secondary N) is 1. The number of hydrogen-bond donors (Lipinski definition) is 1. The van der Waals surface area contributed by atoms with Crippen LogP contribution in [0.3, 0.4) is 0 Å². The van der Waals surface area contributed by atoms with Crippen molar-refractivity contribution < 1.29 is 9.32 Å². The van der Waals surface area contributed by atoms with Crippen LogP contribution >= 0.6 is 0 Å². The molecule has 2 heterocycles. The normalized spacial score (nSPS) is 12.1. The van der Waals surface area contributed by atoms with Crippen molar-refractivity contribution in [2.24, 2.45) is 0 Å². The lowest BCUT2D eigenvalue weighted by atomic mass is 10.1. The van der Waals surface area contributed by atoms with Crippen LogP contribution in [0.2, 0.25) is 0 Å². The van der Waals surface area contributed by atoms with E-state index in [2.05, 4.69) is 25.7 Å². The maximum absolute atomic E-state index is 11.9. The van der Waals surface area contributed by atoms with Gasteiger partial charge >= 0.3 is 0 Å². The number of aromatic nitrogens is 5. The molecule has 1 amide bonds. The minimum absolute atomic E-state index is 0.0379. The summed E-state index contributed by atoms with van der Waals surface area (Å²) in [7, 11) is 0. The Morgan fingerprint density at radius 2 is 2.13 bits per heavy atom. The fourth-order valence-electron chi connectivity index (χ4n) is 2.11. The molecular weight excluding hydrogens is 296 g/mol. The van der Waals surface area contributed by atoms with E-state index in [9.17, 15) is 4.79 Å². The first-order valence-electron chi connectivity index (χ1n) is 7.16. The highest BCUT2D eigenvalue weighted by molar-refractivity contribution is 5.75. The van der Waals surface area contributed by atoms with Crippen LogP contribution < -0.4 is 5.32 Å². The number of benzene rings is 1. The first kappa shape index (κ1) is 14.9. The highest BCUT2D eigenvalue weighted by Crippen LogP contribution is 2.19. The van der Waals surface area contributed by atoms with Crippen molar-refractivity contribution in [3.05, 3.63) is 48.1 Å². The predicted molar refractivity (Wildman–Crippen MR) is 81.1 cm³/mol. The Morgan fingerprint density at radius 1 is 1.35 bits per heavy atom. The average molecular weight is 312 g/mol. The van der Waals surface area contributed by atoms with E-state index >= 15 is 0 Å². The third-order valence-corrected chi connectivity index (χ3v) is 3.22. The Bertz CT molecular complexity index is 796. The van der Waals surface area contributed by atoms with Crippen molar-refractivity contribution in [3.8, 4) is 11.4 Å². The summed E-state index contributed by atoms with van der Waals surface area (Å²) in [6.45, 7) is 3.81. The molecule has 0 spiro atoms. The Morgan fingerprint density at radius 3 is 2.87 bits per heavy atom. The van der Waals surface area contributed by atoms with Crippen LogP contribution in [0, 0.1) is 6.92 Å². The van der Waals surface area contributed by atoms with E-state index in [0.29, 0.717) is 11.7 Å². The minimum atomic E-state index is -0.399. The van der Waals surface area contributed by atoms with E-state index in [1.807, 2.05) is 31.2 Å². The van der Waals surface area contributed by atoms with Gasteiger partial charge in [-0.3, -0.25) is 4.79 Å². The van der Waals surface area contributed by atoms with Crippen LogP contribution in [0.25, 0.3) is 11.4 Å². The van der Waals surface area contributed by atoms with Crippen LogP contribution in [-0.2, 0) is 11.3 Å². The van der Waals surface area contributed by atoms with Gasteiger partial charge < -0.3 is 9.84 Å². The Kier molecular flexibility index (Phi) is 4.13. The van der Waals surface area contributed by atoms with Gasteiger partial charge in [0.1, 0.15) is 12.6 Å². The summed E-state index contributed by atoms with van der Waals surface area (Å²) < 4.78 is 5.24. The van der Waals surface area contributed by atoms with Crippen LogP contribution in [0.4, 0.5) is 0 Å². The van der Waals surface area contributed by atoms with Crippen molar-refractivity contribution >= 4 is 5.91 Å². The molecular formula is C15H16N6O2. The molecule has 3 aromatic rings. The van der Waals surface area contributed by atoms with Gasteiger partial charge in [-0.05, 0) is 19.9 Å². The van der Waals surface area contributed by atoms with Gasteiger partial charge in [-0.25, -0.2) is 0 Å². The summed E-state index contributed by atoms with van der Waals surface area (Å²) >= 11 is 0. The standard InChI is InChI=1S/C15H16N6O2/c1-10-4-3-5-12(8-10)14-19-15(23-20-14)11(2)18-13(22)9-21-16-6-7-17-21/h3-8,11H,9H2,1-2H3,(H,18,22)/t11-/m1/s1. The van der Waals surface area contributed by atoms with Crippen molar-refractivity contribution in [1.82, 2.24) is 30.5 Å². The first-order chi connectivity index (χ1) is 11.1. The zero-order valence-corrected chi connectivity index (χ0v) is 12.8. The second-order valence-corrected chi connectivity index (χ2v) is 5.17. The summed E-state index contributed by atoms with van der Waals surface area (Å²) in [5, 5.41) is 14.5. The Labute approximate surface area is 132 Å². The molecule has 1 aromatic carbocycles. The average Bonchev–Trinajstić information content (AvgIpc) is 3.18. The van der Waals surface area contributed by atoms with Gasteiger partial charge in [0.05, 0.1) is 12.4 Å². The number of hydrogen-bond acceptors (Lipinski definition) is 6. The molecule has 1 atom stereocenters. The molecule has 0 aliphatic carbocycles. The number of carbonyl (C=O) groups excluding carboxylic acids is 1. The van der Waals surface area contributed by atoms with Gasteiger partial charge in [0.2, 0.25) is 17.6 Å². The van der Waals surface area contributed by atoms with Crippen molar-refractivity contribution in [1.29, 1.82) is 0 Å². The third kappa shape index (κ3) is 3.60. The maximum atomic E-state index is 11.9. The van der Waals surface area contributed by atoms with Crippen LogP contribution in [0.1, 0.15) is 24.4 Å². The summed E-state index contributed by atoms with van der Waals surface area (Å²) in [4.78, 5) is 17.6. The zero-order valence-electron chi connectivity index (χ0n) is 12.8. The number of carbonyl (C=O) groups is 1. The molecule has 1 N–H and O–H groups in total. The lowest BCUT2D eigenvalue weighted by Crippen LogP contribution is -2.31. The van der Waals surface area contributed by atoms with E-state index < -0.39 is 6.04 Å². The molecule has 8 heteroatoms. The van der Waals surface area contributed by atoms with E-state index in [1.54, 1.807) is 6.92 Å². The van der Waals surface area contributed by atoms with E-state index in [4.69, 9.17) is 4.52 Å². The fourth-order valence-corrected chi connectivity index (χ4v) is 2.11. The molecule has 0 saturated heterocycles. The molecule has 3 rings (SSSR count). The summed E-state index contributed by atoms with van der Waals surface area (Å²) in [6.07, 6.45) is 3.03. The lowest BCUT2D eigenvalue weighted by molar-refractivity contribution is -0.122. The Hall–Kier alpha value is -3.03. The van der Waals surface area contributed by atoms with E-state index in [-0.39, 0.29) is 12.5 Å². The first-order valence-corrected chi connectivity index (χ1v) is 7.16. The number of aryl methyl sites for hydroxylation is 1. The quantitative estimate of drug-likeness (QED) is 0.767. The number of nitrogens with zero attached hydrogens (tertiary/aromatic N) is 5. The second-order valence-electron chi connectivity index (χ2n) is 5.17. The molecule has 8 nitrogen and oxygen atoms in total. The smallest absolute Gasteiger partial charge is 0.249 e. The van der Waals surface area contributed by atoms with Gasteiger partial charge in [0.15, 0.2) is 0 Å². The zero-order chi connectivity index (χ0) is 16.2. The summed E-state index contributed by atoms with van der Waals surface area (Å²) in [5.74, 6) is 0.617. The molecule has 23 heavy (non-hydrogen) atoms. The van der Waals surface area contributed by atoms with Gasteiger partial charge in [0.25, 0.3) is 0 Å². The molecule has 0 saturated carbocycles. The van der Waals surface area contributed by atoms with Gasteiger partial charge in [-0.1, -0.05) is 28.9 Å². The fraction of sp³-hybridized carbons (Fsp3) is 0.267. The molecule has 118 valence electrons. The lowest BCUT2D eigenvalue weighted by Gasteiger charge is -2.08. The molecule has 0 aliphatic heterocycles. The van der Waals surface area contributed by atoms with Gasteiger partial charge in [0, 0.05) is 5.56 Å². The second kappa shape index (κ2) is 6.39. The SMILES string of the molecule is Cc1cccc(-c2noc([C@@H](C)NC(=O)Cn3nccn3)n2)c1. The Balaban J connectivity index is 1.66. The van der Waals surface area contributed by atoms with E-state index in [1.165, 1.54) is 17.2 Å². The molecule has 0 unspecified atom stereocenters. The van der Waals surface area contributed by atoms with Crippen molar-refractivity contribution in [2.75, 3.05) is 0 Å². The van der Waals surface area contributed by atoms with Crippen molar-refractivity contribution in [2.45, 2.75) is 26.4 Å². The van der Waals surface area contributed by atoms with Crippen LogP contribution in [-0.4, -0.2) is 31.0 Å². The summed E-state index contributed by atoms with van der Waals surface area (Å²) in [6, 6.07) is 7.42. The number of amides is 1. The van der Waals surface area contributed by atoms with Crippen molar-refractivity contribution in [3.63, 3.8) is 0 Å². The molecule has 0 fully saturated rings. The highest BCUT2D eigenvalue weighted by atomic mass is 16.5. The molecule has 0 radical (unpaired) electrons. The van der Waals surface area contributed by atoms with Gasteiger partial charge in [-0.2, -0.15) is 20.0 Å². The number of rotatable bonds is 5. The topological polar surface area (TPSA) is 98.7 Å². The van der Waals surface area contributed by atoms with Crippen LogP contribution in [0.15, 0.2) is 41.2 Å². The molecule has 0 aliphatic rings. The third-order valence-electron chi connectivity index (χ3n) is 3.22. The molecule has 2 aromatic heterocycles. The molecule has 0 bridgehead atoms. The maximum Gasteiger partial charge on any atom is 0.249 e. The highest BCUT2D eigenvalue weighted by Gasteiger charge is 2.17. The van der Waals surface area contributed by atoms with E-state index in [0.717, 1.165) is 11.1 Å². The van der Waals surface area contributed by atoms with Gasteiger partial charge in [-0.15, -0.1) is 0 Å². The largest absolute Gasteiger partial charge is 0.343 e. The monoisotopic (exact) mass is 312 g/mol. The summed E-state index contributed by atoms with van der Waals surface area (Å²) in [5.41, 5.74) is 1.99. The van der Waals surface area contributed by atoms with Crippen LogP contribution in [0.5, 0.6) is 0 Å². The minimum Gasteiger partial charge on any atom is -0.343 e.